The fourth-order valence-electron chi connectivity index (χ4n) is 1.37. The second-order valence-corrected chi connectivity index (χ2v) is 3.76. The van der Waals surface area contributed by atoms with Crippen LogP contribution in [0, 0.1) is 0 Å². The monoisotopic (exact) mass is 267 g/mol. The van der Waals surface area contributed by atoms with Crippen molar-refractivity contribution in [2.75, 3.05) is 19.5 Å². The van der Waals surface area contributed by atoms with Crippen LogP contribution in [0.2, 0.25) is 0 Å². The molecular weight excluding hydrogens is 250 g/mol. The normalized spacial score (nSPS) is 11.5. The molecule has 0 aromatic heterocycles. The summed E-state index contributed by atoms with van der Waals surface area (Å²) in [5.41, 5.74) is 6.30. The predicted molar refractivity (Wildman–Crippen MR) is 68.9 cm³/mol. The highest BCUT2D eigenvalue weighted by atomic mass is 16.6. The number of hydrogen-bond donors (Lipinski definition) is 1. The molecule has 0 aliphatic carbocycles. The van der Waals surface area contributed by atoms with Crippen molar-refractivity contribution in [3.63, 3.8) is 0 Å². The molecule has 6 nitrogen and oxygen atoms in total. The van der Waals surface area contributed by atoms with Crippen LogP contribution in [-0.2, 0) is 14.3 Å². The lowest BCUT2D eigenvalue weighted by molar-refractivity contribution is -0.152. The first-order chi connectivity index (χ1) is 8.99. The van der Waals surface area contributed by atoms with Crippen molar-refractivity contribution < 1.29 is 23.8 Å². The van der Waals surface area contributed by atoms with Crippen LogP contribution in [0.25, 0.3) is 0 Å². The molecular formula is C13H17NO5. The fourth-order valence-corrected chi connectivity index (χ4v) is 1.37. The molecule has 19 heavy (non-hydrogen) atoms. The molecule has 0 spiro atoms. The van der Waals surface area contributed by atoms with Gasteiger partial charge in [-0.25, -0.2) is 9.59 Å². The molecule has 0 saturated heterocycles. The van der Waals surface area contributed by atoms with Gasteiger partial charge in [0, 0.05) is 0 Å². The third kappa shape index (κ3) is 3.87. The highest BCUT2D eigenvalue weighted by molar-refractivity contribution is 5.92. The Morgan fingerprint density at radius 2 is 2.05 bits per heavy atom. The first-order valence-electron chi connectivity index (χ1n) is 5.80. The Labute approximate surface area is 111 Å². The summed E-state index contributed by atoms with van der Waals surface area (Å²) in [6.07, 6.45) is -0.962. The van der Waals surface area contributed by atoms with Crippen molar-refractivity contribution in [1.82, 2.24) is 0 Å². The average Bonchev–Trinajstić information content (AvgIpc) is 2.39. The van der Waals surface area contributed by atoms with Gasteiger partial charge in [-0.2, -0.15) is 0 Å². The average molecular weight is 267 g/mol. The molecule has 1 unspecified atom stereocenters. The van der Waals surface area contributed by atoms with Gasteiger partial charge in [0.05, 0.1) is 25.0 Å². The van der Waals surface area contributed by atoms with E-state index in [2.05, 4.69) is 0 Å². The zero-order valence-corrected chi connectivity index (χ0v) is 11.1. The van der Waals surface area contributed by atoms with Crippen molar-refractivity contribution in [1.29, 1.82) is 0 Å². The molecule has 0 radical (unpaired) electrons. The van der Waals surface area contributed by atoms with Crippen LogP contribution in [-0.4, -0.2) is 31.8 Å². The van der Waals surface area contributed by atoms with Crippen molar-refractivity contribution >= 4 is 17.6 Å². The first kappa shape index (κ1) is 14.8. The van der Waals surface area contributed by atoms with E-state index < -0.39 is 18.0 Å². The highest BCUT2D eigenvalue weighted by Crippen LogP contribution is 2.22. The first-order valence-corrected chi connectivity index (χ1v) is 5.80. The Hall–Kier alpha value is -2.24. The SMILES string of the molecule is CCOC(=O)C(C)OC(=O)c1ccc(N)c(OC)c1. The van der Waals surface area contributed by atoms with Crippen LogP contribution in [0.3, 0.4) is 0 Å². The van der Waals surface area contributed by atoms with Gasteiger partial charge in [-0.3, -0.25) is 0 Å². The molecule has 104 valence electrons. The Balaban J connectivity index is 2.75. The Morgan fingerprint density at radius 3 is 2.63 bits per heavy atom. The van der Waals surface area contributed by atoms with Crippen LogP contribution in [0.1, 0.15) is 24.2 Å². The maximum absolute atomic E-state index is 11.8. The summed E-state index contributed by atoms with van der Waals surface area (Å²) in [6, 6.07) is 4.48. The molecule has 1 rings (SSSR count). The Kier molecular flexibility index (Phi) is 5.17. The summed E-state index contributed by atoms with van der Waals surface area (Å²) >= 11 is 0. The minimum atomic E-state index is -0.962. The van der Waals surface area contributed by atoms with Crippen LogP contribution in [0.15, 0.2) is 18.2 Å². The molecule has 0 amide bonds. The largest absolute Gasteiger partial charge is 0.495 e. The Bertz CT molecular complexity index is 472. The molecule has 0 bridgehead atoms. The van der Waals surface area contributed by atoms with Gasteiger partial charge in [0.25, 0.3) is 0 Å². The van der Waals surface area contributed by atoms with Gasteiger partial charge in [0.1, 0.15) is 5.75 Å². The number of hydrogen-bond acceptors (Lipinski definition) is 6. The van der Waals surface area contributed by atoms with E-state index in [4.69, 9.17) is 19.9 Å². The van der Waals surface area contributed by atoms with Gasteiger partial charge in [-0.05, 0) is 32.0 Å². The van der Waals surface area contributed by atoms with Crippen LogP contribution in [0.5, 0.6) is 5.75 Å². The minimum Gasteiger partial charge on any atom is -0.495 e. The lowest BCUT2D eigenvalue weighted by Crippen LogP contribution is -2.26. The van der Waals surface area contributed by atoms with E-state index >= 15 is 0 Å². The molecule has 1 aromatic carbocycles. The lowest BCUT2D eigenvalue weighted by Gasteiger charge is -2.12. The molecule has 1 atom stereocenters. The maximum Gasteiger partial charge on any atom is 0.347 e. The number of rotatable bonds is 5. The van der Waals surface area contributed by atoms with E-state index in [0.29, 0.717) is 11.4 Å². The molecule has 2 N–H and O–H groups in total. The van der Waals surface area contributed by atoms with Gasteiger partial charge in [0.15, 0.2) is 6.10 Å². The van der Waals surface area contributed by atoms with Crippen molar-refractivity contribution in [2.24, 2.45) is 0 Å². The topological polar surface area (TPSA) is 87.9 Å². The molecule has 0 aliphatic heterocycles. The second-order valence-electron chi connectivity index (χ2n) is 3.76. The third-order valence-corrected chi connectivity index (χ3v) is 2.37. The van der Waals surface area contributed by atoms with Gasteiger partial charge in [0.2, 0.25) is 0 Å². The van der Waals surface area contributed by atoms with E-state index in [1.807, 2.05) is 0 Å². The fraction of sp³-hybridized carbons (Fsp3) is 0.385. The molecule has 0 heterocycles. The van der Waals surface area contributed by atoms with Crippen molar-refractivity contribution in [3.05, 3.63) is 23.8 Å². The molecule has 0 saturated carbocycles. The number of ether oxygens (including phenoxy) is 3. The molecule has 0 fully saturated rings. The van der Waals surface area contributed by atoms with E-state index in [-0.39, 0.29) is 12.2 Å². The number of anilines is 1. The number of nitrogens with two attached hydrogens (primary N) is 1. The van der Waals surface area contributed by atoms with Gasteiger partial charge in [-0.1, -0.05) is 0 Å². The summed E-state index contributed by atoms with van der Waals surface area (Å²) in [7, 11) is 1.45. The molecule has 1 aromatic rings. The third-order valence-electron chi connectivity index (χ3n) is 2.37. The summed E-state index contributed by atoms with van der Waals surface area (Å²) < 4.78 is 14.7. The lowest BCUT2D eigenvalue weighted by atomic mass is 10.2. The van der Waals surface area contributed by atoms with E-state index in [0.717, 1.165) is 0 Å². The zero-order chi connectivity index (χ0) is 14.4. The minimum absolute atomic E-state index is 0.233. The van der Waals surface area contributed by atoms with E-state index in [1.54, 1.807) is 6.92 Å². The van der Waals surface area contributed by atoms with Gasteiger partial charge >= 0.3 is 11.9 Å². The van der Waals surface area contributed by atoms with E-state index in [1.165, 1.54) is 32.2 Å². The number of nitrogen functional groups attached to an aromatic ring is 1. The summed E-state index contributed by atoms with van der Waals surface area (Å²) in [5.74, 6) is -0.852. The van der Waals surface area contributed by atoms with E-state index in [9.17, 15) is 9.59 Å². The van der Waals surface area contributed by atoms with Crippen LogP contribution in [0.4, 0.5) is 5.69 Å². The smallest absolute Gasteiger partial charge is 0.347 e. The predicted octanol–water partition coefficient (Wildman–Crippen LogP) is 1.39. The molecule has 6 heteroatoms. The maximum atomic E-state index is 11.8. The summed E-state index contributed by atoms with van der Waals surface area (Å²) in [5, 5.41) is 0. The number of esters is 2. The number of methoxy groups -OCH3 is 1. The van der Waals surface area contributed by atoms with Gasteiger partial charge < -0.3 is 19.9 Å². The van der Waals surface area contributed by atoms with Crippen molar-refractivity contribution in [3.8, 4) is 5.75 Å². The van der Waals surface area contributed by atoms with Crippen LogP contribution >= 0.6 is 0 Å². The number of carbonyl (C=O) groups excluding carboxylic acids is 2. The van der Waals surface area contributed by atoms with Crippen molar-refractivity contribution in [2.45, 2.75) is 20.0 Å². The quantitative estimate of drug-likeness (QED) is 0.640. The molecule has 0 aliphatic rings. The highest BCUT2D eigenvalue weighted by Gasteiger charge is 2.20. The second kappa shape index (κ2) is 6.63. The van der Waals surface area contributed by atoms with Crippen LogP contribution < -0.4 is 10.5 Å². The summed E-state index contributed by atoms with van der Waals surface area (Å²) in [4.78, 5) is 23.2. The zero-order valence-electron chi connectivity index (χ0n) is 11.1. The number of carbonyl (C=O) groups is 2. The Morgan fingerprint density at radius 1 is 1.37 bits per heavy atom. The summed E-state index contributed by atoms with van der Waals surface area (Å²) in [6.45, 7) is 3.36. The standard InChI is InChI=1S/C13H17NO5/c1-4-18-12(15)8(2)19-13(16)9-5-6-10(14)11(7-9)17-3/h5-8H,4,14H2,1-3H3. The van der Waals surface area contributed by atoms with Gasteiger partial charge in [-0.15, -0.1) is 0 Å². The number of benzene rings is 1.